The van der Waals surface area contributed by atoms with E-state index in [-0.39, 0.29) is 11.4 Å². The van der Waals surface area contributed by atoms with Gasteiger partial charge in [0.15, 0.2) is 0 Å². The summed E-state index contributed by atoms with van der Waals surface area (Å²) in [5.74, 6) is 0.763. The highest BCUT2D eigenvalue weighted by Crippen LogP contribution is 2.30. The fraction of sp³-hybridized carbons (Fsp3) is 0.571. The Hall–Kier alpha value is -1.38. The number of rotatable bonds is 4. The largest absolute Gasteiger partial charge is 0.350 e. The average Bonchev–Trinajstić information content (AvgIpc) is 2.60. The van der Waals surface area contributed by atoms with Crippen LogP contribution >= 0.6 is 0 Å². The first-order valence-corrected chi connectivity index (χ1v) is 6.31. The highest BCUT2D eigenvalue weighted by molar-refractivity contribution is 5.79. The second-order valence-electron chi connectivity index (χ2n) is 5.42. The Morgan fingerprint density at radius 3 is 2.82 bits per heavy atom. The lowest BCUT2D eigenvalue weighted by atomic mass is 9.83. The van der Waals surface area contributed by atoms with Gasteiger partial charge in [0.2, 0.25) is 5.91 Å². The molecule has 0 aliphatic carbocycles. The van der Waals surface area contributed by atoms with E-state index in [2.05, 4.69) is 24.1 Å². The molecule has 17 heavy (non-hydrogen) atoms. The van der Waals surface area contributed by atoms with Crippen LogP contribution in [0.4, 0.5) is 0 Å². The van der Waals surface area contributed by atoms with E-state index in [1.807, 2.05) is 24.4 Å². The quantitative estimate of drug-likeness (QED) is 0.865. The number of hydrogen-bond donors (Lipinski definition) is 1. The van der Waals surface area contributed by atoms with Gasteiger partial charge in [-0.3, -0.25) is 9.78 Å². The van der Waals surface area contributed by atoms with Crippen LogP contribution in [0.1, 0.15) is 38.8 Å². The molecule has 0 bridgehead atoms. The van der Waals surface area contributed by atoms with Gasteiger partial charge in [0.1, 0.15) is 0 Å². The van der Waals surface area contributed by atoms with E-state index in [0.29, 0.717) is 12.3 Å². The molecular weight excluding hydrogens is 212 g/mol. The van der Waals surface area contributed by atoms with Crippen molar-refractivity contribution >= 4 is 5.91 Å². The summed E-state index contributed by atoms with van der Waals surface area (Å²) in [4.78, 5) is 15.9. The summed E-state index contributed by atoms with van der Waals surface area (Å²) in [7, 11) is 0. The third kappa shape index (κ3) is 3.05. The fourth-order valence-corrected chi connectivity index (χ4v) is 2.76. The van der Waals surface area contributed by atoms with Crippen molar-refractivity contribution in [1.82, 2.24) is 10.3 Å². The Bertz CT molecular complexity index is 388. The molecule has 2 heterocycles. The molecule has 0 aromatic carbocycles. The molecule has 1 unspecified atom stereocenters. The summed E-state index contributed by atoms with van der Waals surface area (Å²) in [6, 6.07) is 5.96. The molecule has 1 aliphatic heterocycles. The Balaban J connectivity index is 2.14. The predicted molar refractivity (Wildman–Crippen MR) is 67.5 cm³/mol. The second-order valence-corrected chi connectivity index (χ2v) is 5.42. The SMILES string of the molecule is CC(C)CC1(Cc2ccccn2)CCC(=O)N1. The summed E-state index contributed by atoms with van der Waals surface area (Å²) in [5.41, 5.74) is 0.995. The van der Waals surface area contributed by atoms with Crippen molar-refractivity contribution in [3.8, 4) is 0 Å². The minimum absolute atomic E-state index is 0.0698. The molecule has 0 saturated carbocycles. The number of amides is 1. The highest BCUT2D eigenvalue weighted by atomic mass is 16.2. The van der Waals surface area contributed by atoms with Crippen molar-refractivity contribution in [1.29, 1.82) is 0 Å². The maximum Gasteiger partial charge on any atom is 0.220 e. The first-order chi connectivity index (χ1) is 8.10. The van der Waals surface area contributed by atoms with Gasteiger partial charge in [-0.2, -0.15) is 0 Å². The van der Waals surface area contributed by atoms with Crippen molar-refractivity contribution in [3.63, 3.8) is 0 Å². The zero-order valence-electron chi connectivity index (χ0n) is 10.6. The van der Waals surface area contributed by atoms with Crippen molar-refractivity contribution in [3.05, 3.63) is 30.1 Å². The number of carbonyl (C=O) groups is 1. The summed E-state index contributed by atoms with van der Waals surface area (Å²) in [5, 5.41) is 3.17. The van der Waals surface area contributed by atoms with Crippen LogP contribution < -0.4 is 5.32 Å². The molecular formula is C14H20N2O. The van der Waals surface area contributed by atoms with Crippen molar-refractivity contribution < 1.29 is 4.79 Å². The topological polar surface area (TPSA) is 42.0 Å². The average molecular weight is 232 g/mol. The molecule has 1 amide bonds. The number of hydrogen-bond acceptors (Lipinski definition) is 2. The first kappa shape index (κ1) is 12.1. The van der Waals surface area contributed by atoms with E-state index in [4.69, 9.17) is 0 Å². The molecule has 1 aliphatic rings. The first-order valence-electron chi connectivity index (χ1n) is 6.31. The molecule has 3 heteroatoms. The van der Waals surface area contributed by atoms with Crippen LogP contribution in [0, 0.1) is 5.92 Å². The summed E-state index contributed by atoms with van der Waals surface area (Å²) < 4.78 is 0. The van der Waals surface area contributed by atoms with Gasteiger partial charge in [-0.05, 0) is 30.9 Å². The van der Waals surface area contributed by atoms with Crippen LogP contribution in [0.15, 0.2) is 24.4 Å². The van der Waals surface area contributed by atoms with E-state index < -0.39 is 0 Å². The molecule has 0 spiro atoms. The van der Waals surface area contributed by atoms with Crippen LogP contribution in [-0.2, 0) is 11.2 Å². The smallest absolute Gasteiger partial charge is 0.220 e. The molecule has 1 saturated heterocycles. The van der Waals surface area contributed by atoms with Crippen LogP contribution in [0.5, 0.6) is 0 Å². The lowest BCUT2D eigenvalue weighted by Crippen LogP contribution is -2.44. The summed E-state index contributed by atoms with van der Waals surface area (Å²) in [6.45, 7) is 4.40. The van der Waals surface area contributed by atoms with Crippen LogP contribution in [0.2, 0.25) is 0 Å². The Morgan fingerprint density at radius 2 is 2.29 bits per heavy atom. The minimum atomic E-state index is -0.0698. The molecule has 0 radical (unpaired) electrons. The van der Waals surface area contributed by atoms with Crippen LogP contribution in [-0.4, -0.2) is 16.4 Å². The molecule has 1 aromatic rings. The number of pyridine rings is 1. The van der Waals surface area contributed by atoms with Gasteiger partial charge in [-0.25, -0.2) is 0 Å². The third-order valence-corrected chi connectivity index (χ3v) is 3.28. The molecule has 1 N–H and O–H groups in total. The van der Waals surface area contributed by atoms with Gasteiger partial charge >= 0.3 is 0 Å². The molecule has 1 aromatic heterocycles. The minimum Gasteiger partial charge on any atom is -0.350 e. The zero-order valence-corrected chi connectivity index (χ0v) is 10.6. The van der Waals surface area contributed by atoms with E-state index >= 15 is 0 Å². The number of nitrogens with one attached hydrogen (secondary N) is 1. The Morgan fingerprint density at radius 1 is 1.47 bits per heavy atom. The van der Waals surface area contributed by atoms with Gasteiger partial charge in [-0.15, -0.1) is 0 Å². The maximum absolute atomic E-state index is 11.5. The third-order valence-electron chi connectivity index (χ3n) is 3.28. The van der Waals surface area contributed by atoms with E-state index in [1.165, 1.54) is 0 Å². The van der Waals surface area contributed by atoms with E-state index in [9.17, 15) is 4.79 Å². The van der Waals surface area contributed by atoms with Crippen LogP contribution in [0.25, 0.3) is 0 Å². The van der Waals surface area contributed by atoms with Crippen LogP contribution in [0.3, 0.4) is 0 Å². The maximum atomic E-state index is 11.5. The number of carbonyl (C=O) groups excluding carboxylic acids is 1. The lowest BCUT2D eigenvalue weighted by Gasteiger charge is -2.30. The van der Waals surface area contributed by atoms with E-state index in [1.54, 1.807) is 0 Å². The summed E-state index contributed by atoms with van der Waals surface area (Å²) in [6.07, 6.45) is 5.27. The second kappa shape index (κ2) is 4.86. The van der Waals surface area contributed by atoms with Crippen molar-refractivity contribution in [2.45, 2.75) is 45.1 Å². The molecule has 92 valence electrons. The molecule has 3 nitrogen and oxygen atoms in total. The highest BCUT2D eigenvalue weighted by Gasteiger charge is 2.38. The fourth-order valence-electron chi connectivity index (χ4n) is 2.76. The van der Waals surface area contributed by atoms with Gasteiger partial charge in [-0.1, -0.05) is 19.9 Å². The van der Waals surface area contributed by atoms with Gasteiger partial charge in [0.05, 0.1) is 0 Å². The predicted octanol–water partition coefficient (Wildman–Crippen LogP) is 2.32. The number of nitrogens with zero attached hydrogens (tertiary/aromatic N) is 1. The Kier molecular flexibility index (Phi) is 3.46. The molecule has 2 rings (SSSR count). The standard InChI is InChI=1S/C14H20N2O/c1-11(2)9-14(7-6-13(17)16-14)10-12-5-3-4-8-15-12/h3-5,8,11H,6-7,9-10H2,1-2H3,(H,16,17). The van der Waals surface area contributed by atoms with E-state index in [0.717, 1.165) is 25.0 Å². The van der Waals surface area contributed by atoms with Crippen molar-refractivity contribution in [2.75, 3.05) is 0 Å². The number of aromatic nitrogens is 1. The monoisotopic (exact) mass is 232 g/mol. The van der Waals surface area contributed by atoms with Gasteiger partial charge < -0.3 is 5.32 Å². The zero-order chi connectivity index (χ0) is 12.3. The molecule has 1 atom stereocenters. The van der Waals surface area contributed by atoms with Crippen molar-refractivity contribution in [2.24, 2.45) is 5.92 Å². The molecule has 1 fully saturated rings. The summed E-state index contributed by atoms with van der Waals surface area (Å²) >= 11 is 0. The Labute approximate surface area is 103 Å². The lowest BCUT2D eigenvalue weighted by molar-refractivity contribution is -0.119. The van der Waals surface area contributed by atoms with Gasteiger partial charge in [0.25, 0.3) is 0 Å². The normalized spacial score (nSPS) is 24.1. The van der Waals surface area contributed by atoms with Gasteiger partial charge in [0, 0.05) is 30.3 Å².